The van der Waals surface area contributed by atoms with Gasteiger partial charge < -0.3 is 48.7 Å². The van der Waals surface area contributed by atoms with Crippen molar-refractivity contribution in [1.29, 1.82) is 0 Å². The van der Waals surface area contributed by atoms with Crippen LogP contribution in [0.4, 0.5) is 4.79 Å². The minimum absolute atomic E-state index is 0.158. The molecule has 90 heavy (non-hydrogen) atoms. The second kappa shape index (κ2) is 34.5. The molecule has 16 heterocycles. The molecule has 16 aliphatic heterocycles. The summed E-state index contributed by atoms with van der Waals surface area (Å²) in [6, 6.07) is 4.77. The molecule has 0 radical (unpaired) electrons. The van der Waals surface area contributed by atoms with Gasteiger partial charge in [-0.1, -0.05) is 19.3 Å². The number of carbonyl (C=O) groups excluding carboxylic acids is 3. The van der Waals surface area contributed by atoms with E-state index in [9.17, 15) is 14.4 Å². The van der Waals surface area contributed by atoms with Gasteiger partial charge in [0.15, 0.2) is 0 Å². The maximum atomic E-state index is 11.3. The maximum Gasteiger partial charge on any atom is 0.411 e. The summed E-state index contributed by atoms with van der Waals surface area (Å²) in [5.74, 6) is 5.03. The highest BCUT2D eigenvalue weighted by atomic mass is 16.6. The summed E-state index contributed by atoms with van der Waals surface area (Å²) in [6.07, 6.45) is 22.4. The summed E-state index contributed by atoms with van der Waals surface area (Å²) in [4.78, 5) is 70.7. The third kappa shape index (κ3) is 20.1. The Morgan fingerprint density at radius 1 is 0.289 bits per heavy atom. The van der Waals surface area contributed by atoms with Gasteiger partial charge in [0.1, 0.15) is 6.61 Å². The van der Waals surface area contributed by atoms with E-state index in [1.54, 1.807) is 4.90 Å². The van der Waals surface area contributed by atoms with Gasteiger partial charge in [-0.05, 0) is 177 Å². The van der Waals surface area contributed by atoms with Crippen LogP contribution < -0.4 is 0 Å². The zero-order valence-electron chi connectivity index (χ0n) is 58.6. The van der Waals surface area contributed by atoms with E-state index < -0.39 is 0 Å². The molecule has 18 rings (SSSR count). The van der Waals surface area contributed by atoms with Crippen molar-refractivity contribution < 1.29 is 23.9 Å². The van der Waals surface area contributed by atoms with E-state index in [1.165, 1.54) is 208 Å². The monoisotopic (exact) mass is 1260 g/mol. The zero-order valence-corrected chi connectivity index (χ0v) is 58.6. The number of morpholine rings is 1. The maximum absolute atomic E-state index is 11.3. The average Bonchev–Trinajstić information content (AvgIpc) is 1.49. The van der Waals surface area contributed by atoms with E-state index in [-0.39, 0.29) is 6.09 Å². The summed E-state index contributed by atoms with van der Waals surface area (Å²) in [6.45, 7) is 34.0. The van der Waals surface area contributed by atoms with E-state index in [0.717, 1.165) is 127 Å². The highest BCUT2D eigenvalue weighted by Crippen LogP contribution is 2.40. The summed E-state index contributed by atoms with van der Waals surface area (Å²) in [5, 5.41) is 0. The van der Waals surface area contributed by atoms with Crippen LogP contribution in [0.15, 0.2) is 0 Å². The first-order valence-corrected chi connectivity index (χ1v) is 36.7. The largest absolute Gasteiger partial charge is 0.447 e. The van der Waals surface area contributed by atoms with Crippen LogP contribution >= 0.6 is 0 Å². The number of hydrogen-bond acceptors (Lipinski definition) is 18. The van der Waals surface area contributed by atoms with Gasteiger partial charge in [0, 0.05) is 187 Å². The first-order chi connectivity index (χ1) is 43.5. The molecule has 11 atom stereocenters. The van der Waals surface area contributed by atoms with Gasteiger partial charge in [-0.25, -0.2) is 4.79 Å². The van der Waals surface area contributed by atoms with Crippen molar-refractivity contribution in [3.8, 4) is 0 Å². The molecule has 21 nitrogen and oxygen atoms in total. The van der Waals surface area contributed by atoms with Gasteiger partial charge >= 0.3 is 6.09 Å². The van der Waals surface area contributed by atoms with Crippen LogP contribution in [0, 0.1) is 23.7 Å². The number of ether oxygens (including phenoxy) is 2. The Balaban J connectivity index is 0.000000112. The van der Waals surface area contributed by atoms with Crippen LogP contribution in [0.2, 0.25) is 0 Å². The van der Waals surface area contributed by atoms with Crippen molar-refractivity contribution in [3.05, 3.63) is 0 Å². The lowest BCUT2D eigenvalue weighted by Crippen LogP contribution is -2.59. The summed E-state index contributed by atoms with van der Waals surface area (Å²) < 4.78 is 10.2. The molecule has 21 heteroatoms. The number of rotatable bonds is 0. The molecule has 2 saturated carbocycles. The zero-order chi connectivity index (χ0) is 63.3. The average molecular weight is 1260 g/mol. The number of carbonyl (C=O) groups is 3. The molecule has 3 amide bonds. The summed E-state index contributed by atoms with van der Waals surface area (Å²) in [5.41, 5.74) is 0. The Hall–Kier alpha value is -2.35. The number of fused-ring (bicyclic) bond motifs is 9. The lowest BCUT2D eigenvalue weighted by atomic mass is 9.77. The SMILES string of the molecule is CN1CC2CCC(=O)N2C1.CN1CC2CCC2C1.CN1CC2CCCC(=O)N2C1.CN1CC2CCCCC2C1.CN1CC2COC(=O)N2C1.CN1CCN2CCC2C1.CN1CCN2CCCC2C1.CN1CCN2CCCCC2C1.CN1CCN2CCOCC2C1. The molecule has 18 fully saturated rings. The first-order valence-electron chi connectivity index (χ1n) is 36.7. The van der Waals surface area contributed by atoms with Crippen molar-refractivity contribution in [2.45, 2.75) is 151 Å². The van der Waals surface area contributed by atoms with Crippen molar-refractivity contribution in [1.82, 2.24) is 78.4 Å². The van der Waals surface area contributed by atoms with E-state index in [4.69, 9.17) is 9.47 Å². The molecular weight excluding hydrogens is 1130 g/mol. The normalized spacial score (nSPS) is 36.5. The van der Waals surface area contributed by atoms with Crippen LogP contribution in [-0.4, -0.2) is 392 Å². The number of piperazine rings is 4. The van der Waals surface area contributed by atoms with E-state index in [1.807, 2.05) is 16.8 Å². The molecule has 0 aromatic heterocycles. The summed E-state index contributed by atoms with van der Waals surface area (Å²) in [7, 11) is 19.5. The molecule has 0 N–H and O–H groups in total. The third-order valence-electron chi connectivity index (χ3n) is 23.8. The quantitative estimate of drug-likeness (QED) is 0.352. The van der Waals surface area contributed by atoms with Crippen LogP contribution in [-0.2, 0) is 19.1 Å². The van der Waals surface area contributed by atoms with E-state index in [0.29, 0.717) is 42.6 Å². The third-order valence-corrected chi connectivity index (χ3v) is 23.8. The van der Waals surface area contributed by atoms with Gasteiger partial charge in [-0.2, -0.15) is 0 Å². The highest BCUT2D eigenvalue weighted by molar-refractivity contribution is 5.79. The lowest BCUT2D eigenvalue weighted by Gasteiger charge is -2.47. The lowest BCUT2D eigenvalue weighted by molar-refractivity contribution is -0.134. The van der Waals surface area contributed by atoms with Gasteiger partial charge in [-0.15, -0.1) is 0 Å². The summed E-state index contributed by atoms with van der Waals surface area (Å²) >= 11 is 0. The Labute approximate surface area is 546 Å². The Morgan fingerprint density at radius 2 is 0.700 bits per heavy atom. The fourth-order valence-corrected chi connectivity index (χ4v) is 18.1. The van der Waals surface area contributed by atoms with Crippen molar-refractivity contribution >= 4 is 17.9 Å². The fourth-order valence-electron chi connectivity index (χ4n) is 18.1. The first kappa shape index (κ1) is 70.5. The van der Waals surface area contributed by atoms with Gasteiger partial charge in [0.25, 0.3) is 0 Å². The predicted octanol–water partition coefficient (Wildman–Crippen LogP) is 3.38. The molecule has 11 unspecified atom stereocenters. The topological polar surface area (TPSA) is 122 Å². The Morgan fingerprint density at radius 3 is 1.20 bits per heavy atom. The van der Waals surface area contributed by atoms with Crippen LogP contribution in [0.25, 0.3) is 0 Å². The highest BCUT2D eigenvalue weighted by Gasteiger charge is 2.41. The molecule has 0 spiro atoms. The fraction of sp³-hybridized carbons (Fsp3) is 0.957. The number of cyclic esters (lactones) is 1. The van der Waals surface area contributed by atoms with Crippen molar-refractivity contribution in [2.75, 3.05) is 254 Å². The Kier molecular flexibility index (Phi) is 27.0. The van der Waals surface area contributed by atoms with E-state index >= 15 is 0 Å². The Bertz CT molecular complexity index is 2100. The number of piperidine rings is 2. The molecule has 18 aliphatic rings. The number of hydrogen-bond donors (Lipinski definition) is 0. The van der Waals surface area contributed by atoms with Gasteiger partial charge in [0.05, 0.1) is 39.3 Å². The number of likely N-dealkylation sites (N-methyl/N-ethyl adjacent to an activating group) is 7. The molecule has 0 aromatic carbocycles. The number of amides is 3. The smallest absolute Gasteiger partial charge is 0.411 e. The van der Waals surface area contributed by atoms with Gasteiger partial charge in [0.2, 0.25) is 11.8 Å². The second-order valence-electron chi connectivity index (χ2n) is 31.4. The standard InChI is InChI=1S/C9H18N2.C9H17N.C8H16N2O.C8H14N2O.C8H16N2.C7H12N2O.C7H14N2.C7H13N.C6H10N2O2/c1-10-6-7-11-5-3-2-4-9(11)8-10;1-10-6-8-4-2-3-5-9(8)7-10;1-9-2-3-10-4-5-11-7-8(10)6-9;1-9-5-7-3-2-4-8(11)10(7)6-9;1-9-5-6-10-4-2-3-8(10)7-9;1-8-4-6-2-3-7(10)9(6)5-8;1-8-4-5-9-3-2-7(9)6-8;1-8-4-6-2-3-7(6)5-8;1-7-2-5-3-10-6(9)8(5)4-7/h9H,2-8H2,1H3;8-9H,2-7H2,1H3;8H,2-7H2,1H3;7H,2-6H2,1H3;8H,2-7H2,1H3;6H,2-5H2,1H3;7H,2-6H2,1H3;6-7H,2-5H2,1H3;5H,2-4H2,1H3. The molecule has 516 valence electrons. The molecule has 0 aromatic rings. The minimum Gasteiger partial charge on any atom is -0.447 e. The van der Waals surface area contributed by atoms with Gasteiger partial charge in [-0.3, -0.25) is 48.8 Å². The van der Waals surface area contributed by atoms with Crippen molar-refractivity contribution in [2.24, 2.45) is 23.7 Å². The molecular formula is C69H130N16O5. The van der Waals surface area contributed by atoms with Crippen molar-refractivity contribution in [3.63, 3.8) is 0 Å². The van der Waals surface area contributed by atoms with E-state index in [2.05, 4.69) is 120 Å². The number of likely N-dealkylation sites (tertiary alicyclic amines) is 2. The molecule has 16 saturated heterocycles. The van der Waals surface area contributed by atoms with Crippen LogP contribution in [0.3, 0.4) is 0 Å². The number of nitrogens with zero attached hydrogens (tertiary/aromatic N) is 16. The minimum atomic E-state index is -0.158. The van der Waals surface area contributed by atoms with Crippen LogP contribution in [0.1, 0.15) is 109 Å². The predicted molar refractivity (Wildman–Crippen MR) is 360 cm³/mol. The second-order valence-corrected chi connectivity index (χ2v) is 31.4. The molecule has 0 bridgehead atoms. The molecule has 2 aliphatic carbocycles. The van der Waals surface area contributed by atoms with Crippen LogP contribution in [0.5, 0.6) is 0 Å².